The molecule has 0 rings (SSSR count). The molecule has 0 aliphatic heterocycles. The molecule has 0 spiro atoms. The second-order valence-corrected chi connectivity index (χ2v) is 2.48. The average molecular weight is 202 g/mol. The summed E-state index contributed by atoms with van der Waals surface area (Å²) < 4.78 is 0. The zero-order valence-electron chi connectivity index (χ0n) is 10.2. The molecule has 0 saturated heterocycles. The van der Waals surface area contributed by atoms with Gasteiger partial charge in [0, 0.05) is 0 Å². The Kier molecular flexibility index (Phi) is 13.2. The SMILES string of the molecule is C=C/C=C\C(=C)C(/C=C\C)=C/C=C.CC. The van der Waals surface area contributed by atoms with Crippen LogP contribution in [0.15, 0.2) is 73.4 Å². The standard InChI is InChI=1S/C13H16.C2H6/c1-5-8-11-12(4)13(9-6-2)10-7-3;1-2/h5-11H,1-2,4H2,3H3;1-2H3/b10-7-,11-8-,13-9+;. The Morgan fingerprint density at radius 1 is 1.00 bits per heavy atom. The van der Waals surface area contributed by atoms with Gasteiger partial charge < -0.3 is 0 Å². The Balaban J connectivity index is 0. The van der Waals surface area contributed by atoms with Crippen LogP contribution < -0.4 is 0 Å². The second-order valence-electron chi connectivity index (χ2n) is 2.48. The molecule has 15 heavy (non-hydrogen) atoms. The molecule has 0 atom stereocenters. The molecule has 0 N–H and O–H groups in total. The van der Waals surface area contributed by atoms with Crippen LogP contribution in [-0.4, -0.2) is 0 Å². The van der Waals surface area contributed by atoms with Gasteiger partial charge >= 0.3 is 0 Å². The van der Waals surface area contributed by atoms with Crippen molar-refractivity contribution in [1.82, 2.24) is 0 Å². The van der Waals surface area contributed by atoms with Crippen molar-refractivity contribution in [2.45, 2.75) is 20.8 Å². The van der Waals surface area contributed by atoms with Crippen LogP contribution in [0, 0.1) is 0 Å². The van der Waals surface area contributed by atoms with E-state index in [2.05, 4.69) is 19.7 Å². The smallest absolute Gasteiger partial charge is 0.0193 e. The van der Waals surface area contributed by atoms with Crippen LogP contribution in [-0.2, 0) is 0 Å². The van der Waals surface area contributed by atoms with E-state index in [1.54, 1.807) is 12.2 Å². The van der Waals surface area contributed by atoms with Gasteiger partial charge in [0.1, 0.15) is 0 Å². The molecule has 0 unspecified atom stereocenters. The van der Waals surface area contributed by atoms with Crippen molar-refractivity contribution in [1.29, 1.82) is 0 Å². The van der Waals surface area contributed by atoms with E-state index < -0.39 is 0 Å². The molecule has 0 heteroatoms. The van der Waals surface area contributed by atoms with Crippen molar-refractivity contribution in [2.75, 3.05) is 0 Å². The van der Waals surface area contributed by atoms with Crippen molar-refractivity contribution < 1.29 is 0 Å². The number of hydrogen-bond donors (Lipinski definition) is 0. The summed E-state index contributed by atoms with van der Waals surface area (Å²) in [5, 5.41) is 0. The summed E-state index contributed by atoms with van der Waals surface area (Å²) in [7, 11) is 0. The van der Waals surface area contributed by atoms with Crippen molar-refractivity contribution in [2.24, 2.45) is 0 Å². The Morgan fingerprint density at radius 2 is 1.60 bits per heavy atom. The molecule has 0 amide bonds. The van der Waals surface area contributed by atoms with E-state index in [4.69, 9.17) is 0 Å². The predicted octanol–water partition coefficient (Wildman–Crippen LogP) is 5.00. The summed E-state index contributed by atoms with van der Waals surface area (Å²) in [5.74, 6) is 0. The maximum Gasteiger partial charge on any atom is -0.0193 e. The first-order valence-corrected chi connectivity index (χ1v) is 5.20. The molecule has 0 bridgehead atoms. The molecule has 0 aliphatic carbocycles. The molecule has 0 aliphatic rings. The van der Waals surface area contributed by atoms with Crippen molar-refractivity contribution in [3.8, 4) is 0 Å². The number of rotatable bonds is 5. The van der Waals surface area contributed by atoms with Crippen LogP contribution in [0.1, 0.15) is 20.8 Å². The van der Waals surface area contributed by atoms with Gasteiger partial charge in [-0.3, -0.25) is 0 Å². The average Bonchev–Trinajstić information content (AvgIpc) is 2.28. The molecular weight excluding hydrogens is 180 g/mol. The van der Waals surface area contributed by atoms with Crippen LogP contribution >= 0.6 is 0 Å². The quantitative estimate of drug-likeness (QED) is 0.550. The van der Waals surface area contributed by atoms with Gasteiger partial charge in [-0.1, -0.05) is 76.1 Å². The highest BCUT2D eigenvalue weighted by molar-refractivity contribution is 5.46. The van der Waals surface area contributed by atoms with Gasteiger partial charge in [-0.25, -0.2) is 0 Å². The summed E-state index contributed by atoms with van der Waals surface area (Å²) in [6.45, 7) is 17.1. The van der Waals surface area contributed by atoms with Crippen LogP contribution in [0.4, 0.5) is 0 Å². The maximum atomic E-state index is 3.93. The van der Waals surface area contributed by atoms with Gasteiger partial charge in [0.15, 0.2) is 0 Å². The van der Waals surface area contributed by atoms with Gasteiger partial charge in [0.25, 0.3) is 0 Å². The fourth-order valence-electron chi connectivity index (χ4n) is 0.857. The molecule has 0 radical (unpaired) electrons. The third kappa shape index (κ3) is 8.76. The van der Waals surface area contributed by atoms with E-state index in [9.17, 15) is 0 Å². The Morgan fingerprint density at radius 3 is 2.00 bits per heavy atom. The fraction of sp³-hybridized carbons (Fsp3) is 0.200. The van der Waals surface area contributed by atoms with E-state index in [0.717, 1.165) is 11.1 Å². The normalized spacial score (nSPS) is 11.0. The van der Waals surface area contributed by atoms with E-state index in [0.29, 0.717) is 0 Å². The van der Waals surface area contributed by atoms with E-state index >= 15 is 0 Å². The Labute approximate surface area is 94.7 Å². The third-order valence-corrected chi connectivity index (χ3v) is 1.45. The lowest BCUT2D eigenvalue weighted by Crippen LogP contribution is -1.79. The lowest BCUT2D eigenvalue weighted by atomic mass is 10.1. The van der Waals surface area contributed by atoms with Crippen molar-refractivity contribution in [3.63, 3.8) is 0 Å². The first-order chi connectivity index (χ1) is 7.26. The van der Waals surface area contributed by atoms with Gasteiger partial charge in [-0.15, -0.1) is 0 Å². The molecule has 0 aromatic rings. The lowest BCUT2D eigenvalue weighted by Gasteiger charge is -1.98. The first-order valence-electron chi connectivity index (χ1n) is 5.20. The first kappa shape index (κ1) is 15.9. The molecule has 0 heterocycles. The highest BCUT2D eigenvalue weighted by Gasteiger charge is 1.91. The molecular formula is C15H22. The minimum atomic E-state index is 0.956. The molecule has 82 valence electrons. The van der Waals surface area contributed by atoms with Crippen LogP contribution in [0.3, 0.4) is 0 Å². The Bertz CT molecular complexity index is 272. The van der Waals surface area contributed by atoms with Gasteiger partial charge in [-0.05, 0) is 18.1 Å². The molecule has 0 saturated carbocycles. The van der Waals surface area contributed by atoms with Crippen LogP contribution in [0.5, 0.6) is 0 Å². The van der Waals surface area contributed by atoms with Gasteiger partial charge in [-0.2, -0.15) is 0 Å². The predicted molar refractivity (Wildman–Crippen MR) is 72.9 cm³/mol. The summed E-state index contributed by atoms with van der Waals surface area (Å²) in [5.41, 5.74) is 2.02. The van der Waals surface area contributed by atoms with Crippen LogP contribution in [0.2, 0.25) is 0 Å². The highest BCUT2D eigenvalue weighted by Crippen LogP contribution is 2.11. The van der Waals surface area contributed by atoms with Gasteiger partial charge in [0.2, 0.25) is 0 Å². The molecule has 0 fully saturated rings. The van der Waals surface area contributed by atoms with Crippen LogP contribution in [0.25, 0.3) is 0 Å². The number of hydrogen-bond acceptors (Lipinski definition) is 0. The summed E-state index contributed by atoms with van der Waals surface area (Å²) >= 11 is 0. The fourth-order valence-corrected chi connectivity index (χ4v) is 0.857. The topological polar surface area (TPSA) is 0 Å². The summed E-state index contributed by atoms with van der Waals surface area (Å²) in [6, 6.07) is 0. The minimum absolute atomic E-state index is 0.956. The lowest BCUT2D eigenvalue weighted by molar-refractivity contribution is 1.50. The molecule has 0 aromatic carbocycles. The zero-order valence-corrected chi connectivity index (χ0v) is 10.2. The monoisotopic (exact) mass is 202 g/mol. The molecule has 0 nitrogen and oxygen atoms in total. The minimum Gasteiger partial charge on any atom is -0.0991 e. The third-order valence-electron chi connectivity index (χ3n) is 1.45. The van der Waals surface area contributed by atoms with E-state index in [-0.39, 0.29) is 0 Å². The van der Waals surface area contributed by atoms with E-state index in [1.165, 1.54) is 0 Å². The van der Waals surface area contributed by atoms with E-state index in [1.807, 2.05) is 51.2 Å². The molecule has 0 aromatic heterocycles. The maximum absolute atomic E-state index is 3.93. The zero-order chi connectivity index (χ0) is 12.1. The van der Waals surface area contributed by atoms with Crippen molar-refractivity contribution >= 4 is 0 Å². The second kappa shape index (κ2) is 12.4. The van der Waals surface area contributed by atoms with Crippen molar-refractivity contribution in [3.05, 3.63) is 73.4 Å². The largest absolute Gasteiger partial charge is 0.0991 e. The highest BCUT2D eigenvalue weighted by atomic mass is 14.0. The Hall–Kier alpha value is -1.56. The summed E-state index contributed by atoms with van der Waals surface area (Å²) in [4.78, 5) is 0. The van der Waals surface area contributed by atoms with Gasteiger partial charge in [0.05, 0.1) is 0 Å². The number of allylic oxidation sites excluding steroid dienone is 9. The summed E-state index contributed by atoms with van der Waals surface area (Å²) in [6.07, 6.45) is 13.2.